The predicted octanol–water partition coefficient (Wildman–Crippen LogP) is 1.41. The van der Waals surface area contributed by atoms with E-state index in [1.807, 2.05) is 29.0 Å². The van der Waals surface area contributed by atoms with E-state index in [1.165, 1.54) is 25.8 Å². The summed E-state index contributed by atoms with van der Waals surface area (Å²) in [7, 11) is 1.84. The molecule has 0 spiro atoms. The van der Waals surface area contributed by atoms with Gasteiger partial charge < -0.3 is 4.90 Å². The molecular weight excluding hydrogens is 266 g/mol. The first kappa shape index (κ1) is 13.1. The van der Waals surface area contributed by atoms with Gasteiger partial charge in [-0.3, -0.25) is 14.5 Å². The molecule has 0 atom stereocenters. The van der Waals surface area contributed by atoms with Gasteiger partial charge in [-0.15, -0.1) is 0 Å². The molecule has 0 bridgehead atoms. The summed E-state index contributed by atoms with van der Waals surface area (Å²) >= 11 is 0. The molecule has 3 heterocycles. The molecule has 1 aromatic rings. The van der Waals surface area contributed by atoms with E-state index >= 15 is 0 Å². The summed E-state index contributed by atoms with van der Waals surface area (Å²) in [5.74, 6) is 0.942. The highest BCUT2D eigenvalue weighted by Gasteiger charge is 2.33. The van der Waals surface area contributed by atoms with Crippen LogP contribution in [0.15, 0.2) is 12.4 Å². The lowest BCUT2D eigenvalue weighted by atomic mass is 9.84. The summed E-state index contributed by atoms with van der Waals surface area (Å²) in [5, 5.41) is 4.47. The van der Waals surface area contributed by atoms with Crippen LogP contribution in [0.3, 0.4) is 0 Å². The Hall–Kier alpha value is -1.56. The second kappa shape index (κ2) is 5.02. The van der Waals surface area contributed by atoms with Crippen molar-refractivity contribution in [2.75, 3.05) is 44.7 Å². The van der Waals surface area contributed by atoms with Crippen molar-refractivity contribution in [2.24, 2.45) is 5.92 Å². The third-order valence-electron chi connectivity index (χ3n) is 5.17. The molecule has 1 aliphatic carbocycles. The summed E-state index contributed by atoms with van der Waals surface area (Å²) in [5.41, 5.74) is 0.932. The van der Waals surface area contributed by atoms with Crippen molar-refractivity contribution in [1.82, 2.24) is 19.6 Å². The van der Waals surface area contributed by atoms with Crippen LogP contribution in [-0.2, 0) is 0 Å². The Balaban J connectivity index is 1.34. The maximum absolute atomic E-state index is 12.0. The zero-order valence-corrected chi connectivity index (χ0v) is 12.6. The van der Waals surface area contributed by atoms with Gasteiger partial charge in [-0.2, -0.15) is 5.10 Å². The lowest BCUT2D eigenvalue weighted by Gasteiger charge is -2.42. The van der Waals surface area contributed by atoms with Gasteiger partial charge in [0, 0.05) is 46.0 Å². The number of hydrogen-bond acceptors (Lipinski definition) is 3. The van der Waals surface area contributed by atoms with Crippen LogP contribution in [0.4, 0.5) is 10.5 Å². The first-order valence-corrected chi connectivity index (χ1v) is 8.00. The van der Waals surface area contributed by atoms with Crippen LogP contribution in [0.1, 0.15) is 25.3 Å². The van der Waals surface area contributed by atoms with Crippen molar-refractivity contribution in [1.29, 1.82) is 0 Å². The van der Waals surface area contributed by atoms with Gasteiger partial charge in [0.25, 0.3) is 0 Å². The summed E-state index contributed by atoms with van der Waals surface area (Å²) < 4.78 is 2.04. The van der Waals surface area contributed by atoms with Crippen LogP contribution in [0.5, 0.6) is 0 Å². The number of anilines is 1. The smallest absolute Gasteiger partial charge is 0.324 e. The molecule has 0 unspecified atom stereocenters. The summed E-state index contributed by atoms with van der Waals surface area (Å²) in [6.07, 6.45) is 8.10. The largest absolute Gasteiger partial charge is 0.326 e. The number of amides is 2. The van der Waals surface area contributed by atoms with Gasteiger partial charge in [-0.1, -0.05) is 6.42 Å². The van der Waals surface area contributed by atoms with Crippen LogP contribution >= 0.6 is 0 Å². The number of likely N-dealkylation sites (tertiary alicyclic amines) is 1. The molecule has 1 saturated carbocycles. The zero-order chi connectivity index (χ0) is 14.4. The van der Waals surface area contributed by atoms with Crippen molar-refractivity contribution in [3.05, 3.63) is 12.4 Å². The molecular formula is C15H23N5O. The van der Waals surface area contributed by atoms with Crippen molar-refractivity contribution >= 4 is 11.7 Å². The number of carbonyl (C=O) groups is 1. The Labute approximate surface area is 125 Å². The minimum atomic E-state index is 0.0785. The maximum Gasteiger partial charge on any atom is 0.324 e. The van der Waals surface area contributed by atoms with E-state index in [-0.39, 0.29) is 6.03 Å². The fourth-order valence-corrected chi connectivity index (χ4v) is 3.45. The van der Waals surface area contributed by atoms with Gasteiger partial charge in [-0.05, 0) is 18.8 Å². The third kappa shape index (κ3) is 2.31. The van der Waals surface area contributed by atoms with E-state index in [0.717, 1.165) is 37.8 Å². The van der Waals surface area contributed by atoms with Crippen molar-refractivity contribution in [3.8, 4) is 0 Å². The Kier molecular flexibility index (Phi) is 3.14. The van der Waals surface area contributed by atoms with Crippen LogP contribution in [0.2, 0.25) is 0 Å². The lowest BCUT2D eigenvalue weighted by molar-refractivity contribution is 0.0635. The molecule has 3 aliphatic rings. The Bertz CT molecular complexity index is 532. The SMILES string of the molecule is CN1CCN(c2cnn(C3CN(CC4CCC4)C3)c2)C1=O. The molecule has 114 valence electrons. The van der Waals surface area contributed by atoms with Gasteiger partial charge >= 0.3 is 6.03 Å². The highest BCUT2D eigenvalue weighted by molar-refractivity contribution is 5.93. The van der Waals surface area contributed by atoms with Gasteiger partial charge in [0.2, 0.25) is 0 Å². The minimum absolute atomic E-state index is 0.0785. The van der Waals surface area contributed by atoms with Crippen molar-refractivity contribution < 1.29 is 4.79 Å². The fourth-order valence-electron chi connectivity index (χ4n) is 3.45. The number of hydrogen-bond donors (Lipinski definition) is 0. The predicted molar refractivity (Wildman–Crippen MR) is 80.4 cm³/mol. The molecule has 4 rings (SSSR count). The summed E-state index contributed by atoms with van der Waals surface area (Å²) in [6.45, 7) is 5.03. The van der Waals surface area contributed by atoms with E-state index in [0.29, 0.717) is 6.04 Å². The second-order valence-electron chi connectivity index (χ2n) is 6.70. The number of likely N-dealkylation sites (N-methyl/N-ethyl adjacent to an activating group) is 1. The average molecular weight is 289 g/mol. The molecule has 0 radical (unpaired) electrons. The maximum atomic E-state index is 12.0. The summed E-state index contributed by atoms with van der Waals surface area (Å²) in [4.78, 5) is 18.1. The average Bonchev–Trinajstić information content (AvgIpc) is 2.95. The van der Waals surface area contributed by atoms with Crippen LogP contribution in [0.25, 0.3) is 0 Å². The van der Waals surface area contributed by atoms with E-state index in [9.17, 15) is 4.79 Å². The number of carbonyl (C=O) groups excluding carboxylic acids is 1. The fraction of sp³-hybridized carbons (Fsp3) is 0.733. The minimum Gasteiger partial charge on any atom is -0.326 e. The normalized spacial score (nSPS) is 24.5. The Morgan fingerprint density at radius 2 is 2.10 bits per heavy atom. The number of aromatic nitrogens is 2. The van der Waals surface area contributed by atoms with Gasteiger partial charge in [-0.25, -0.2) is 4.79 Å². The molecule has 21 heavy (non-hydrogen) atoms. The van der Waals surface area contributed by atoms with Gasteiger partial charge in [0.05, 0.1) is 17.9 Å². The first-order valence-electron chi connectivity index (χ1n) is 8.00. The molecule has 2 amide bonds. The second-order valence-corrected chi connectivity index (χ2v) is 6.70. The quantitative estimate of drug-likeness (QED) is 0.842. The topological polar surface area (TPSA) is 44.6 Å². The molecule has 6 nitrogen and oxygen atoms in total. The third-order valence-corrected chi connectivity index (χ3v) is 5.17. The number of urea groups is 1. The molecule has 2 aliphatic heterocycles. The molecule has 0 aromatic carbocycles. The zero-order valence-electron chi connectivity index (χ0n) is 12.6. The number of nitrogens with zero attached hydrogens (tertiary/aromatic N) is 5. The summed E-state index contributed by atoms with van der Waals surface area (Å²) in [6, 6.07) is 0.559. The van der Waals surface area contributed by atoms with Gasteiger partial charge in [0.15, 0.2) is 0 Å². The van der Waals surface area contributed by atoms with Crippen LogP contribution < -0.4 is 4.90 Å². The highest BCUT2D eigenvalue weighted by Crippen LogP contribution is 2.31. The molecule has 6 heteroatoms. The van der Waals surface area contributed by atoms with Crippen LogP contribution in [-0.4, -0.2) is 65.4 Å². The standard InChI is InChI=1S/C15H23N5O/c1-17-5-6-19(15(17)21)13-7-16-20(11-13)14-9-18(10-14)8-12-3-2-4-12/h7,11-12,14H,2-6,8-10H2,1H3. The molecule has 3 fully saturated rings. The number of rotatable bonds is 4. The molecule has 2 saturated heterocycles. The van der Waals surface area contributed by atoms with Crippen LogP contribution in [0, 0.1) is 5.92 Å². The Morgan fingerprint density at radius 3 is 2.71 bits per heavy atom. The van der Waals surface area contributed by atoms with Crippen molar-refractivity contribution in [2.45, 2.75) is 25.3 Å². The lowest BCUT2D eigenvalue weighted by Crippen LogP contribution is -2.50. The first-order chi connectivity index (χ1) is 10.2. The monoisotopic (exact) mass is 289 g/mol. The Morgan fingerprint density at radius 1 is 1.29 bits per heavy atom. The van der Waals surface area contributed by atoms with Gasteiger partial charge in [0.1, 0.15) is 0 Å². The van der Waals surface area contributed by atoms with E-state index in [1.54, 1.807) is 4.90 Å². The van der Waals surface area contributed by atoms with Crippen molar-refractivity contribution in [3.63, 3.8) is 0 Å². The van der Waals surface area contributed by atoms with E-state index in [2.05, 4.69) is 10.00 Å². The molecule has 1 aromatic heterocycles. The van der Waals surface area contributed by atoms with E-state index < -0.39 is 0 Å². The van der Waals surface area contributed by atoms with E-state index in [4.69, 9.17) is 0 Å². The molecule has 0 N–H and O–H groups in total. The highest BCUT2D eigenvalue weighted by atomic mass is 16.2.